The maximum atomic E-state index is 12.8. The Morgan fingerprint density at radius 3 is 2.63 bits per heavy atom. The maximum absolute atomic E-state index is 12.8. The maximum Gasteiger partial charge on any atom is 0.276 e. The lowest BCUT2D eigenvalue weighted by Gasteiger charge is -2.28. The van der Waals surface area contributed by atoms with Crippen molar-refractivity contribution in [3.63, 3.8) is 0 Å². The first-order valence-electron chi connectivity index (χ1n) is 9.60. The van der Waals surface area contributed by atoms with Crippen molar-refractivity contribution in [2.24, 2.45) is 17.8 Å². The Balaban J connectivity index is 1.57. The van der Waals surface area contributed by atoms with Crippen LogP contribution in [0.1, 0.15) is 48.8 Å². The summed E-state index contributed by atoms with van der Waals surface area (Å²) in [6.07, 6.45) is 5.06. The summed E-state index contributed by atoms with van der Waals surface area (Å²) in [5.74, 6) is 1.65. The molecule has 0 spiro atoms. The van der Waals surface area contributed by atoms with Gasteiger partial charge in [0.15, 0.2) is 5.69 Å². The van der Waals surface area contributed by atoms with E-state index in [0.29, 0.717) is 22.6 Å². The fourth-order valence-electron chi connectivity index (χ4n) is 4.84. The molecular formula is C21H24ClN3O2. The first-order chi connectivity index (χ1) is 12.9. The number of aryl methyl sites for hydroxylation is 1. The lowest BCUT2D eigenvalue weighted by atomic mass is 9.84. The van der Waals surface area contributed by atoms with Crippen LogP contribution in [-0.2, 0) is 0 Å². The first-order valence-corrected chi connectivity index (χ1v) is 9.98. The predicted octanol–water partition coefficient (Wildman–Crippen LogP) is 3.75. The minimum atomic E-state index is -0.391. The Bertz CT molecular complexity index is 922. The smallest absolute Gasteiger partial charge is 0.276 e. The molecule has 4 unspecified atom stereocenters. The van der Waals surface area contributed by atoms with E-state index >= 15 is 0 Å². The van der Waals surface area contributed by atoms with Gasteiger partial charge in [-0.15, -0.1) is 0 Å². The monoisotopic (exact) mass is 385 g/mol. The number of amides is 1. The Morgan fingerprint density at radius 2 is 2.00 bits per heavy atom. The molecule has 0 radical (unpaired) electrons. The number of carbonyl (C=O) groups excluding carboxylic acids is 1. The van der Waals surface area contributed by atoms with Gasteiger partial charge in [0.25, 0.3) is 5.91 Å². The topological polar surface area (TPSA) is 64.0 Å². The number of nitrogens with one attached hydrogen (secondary N) is 1. The number of rotatable bonds is 4. The van der Waals surface area contributed by atoms with Gasteiger partial charge in [-0.1, -0.05) is 18.0 Å². The molecule has 1 amide bonds. The highest BCUT2D eigenvalue weighted by Gasteiger charge is 2.42. The second-order valence-electron chi connectivity index (χ2n) is 7.99. The number of benzene rings is 1. The number of carbonyl (C=O) groups is 1. The fourth-order valence-corrected chi connectivity index (χ4v) is 4.96. The normalized spacial score (nSPS) is 24.8. The van der Waals surface area contributed by atoms with Crippen molar-refractivity contribution >= 4 is 17.5 Å². The molecule has 2 bridgehead atoms. The van der Waals surface area contributed by atoms with Gasteiger partial charge in [-0.2, -0.15) is 5.10 Å². The van der Waals surface area contributed by atoms with Gasteiger partial charge in [0.1, 0.15) is 0 Å². The Hall–Kier alpha value is -2.14. The van der Waals surface area contributed by atoms with Crippen molar-refractivity contribution in [1.82, 2.24) is 15.1 Å². The molecule has 2 saturated carbocycles. The molecule has 6 heteroatoms. The summed E-state index contributed by atoms with van der Waals surface area (Å²) in [6.45, 7) is 3.85. The van der Waals surface area contributed by atoms with E-state index in [1.54, 1.807) is 23.7 Å². The summed E-state index contributed by atoms with van der Waals surface area (Å²) in [6, 6.07) is 8.65. The number of hydrogen-bond donors (Lipinski definition) is 1. The average molecular weight is 386 g/mol. The van der Waals surface area contributed by atoms with Gasteiger partial charge in [-0.3, -0.25) is 9.59 Å². The summed E-state index contributed by atoms with van der Waals surface area (Å²) in [5.41, 5.74) is 1.01. The van der Waals surface area contributed by atoms with Crippen LogP contribution >= 0.6 is 11.6 Å². The van der Waals surface area contributed by atoms with Gasteiger partial charge in [0.05, 0.1) is 5.69 Å². The van der Waals surface area contributed by atoms with Gasteiger partial charge in [0.2, 0.25) is 5.43 Å². The molecule has 2 aliphatic rings. The van der Waals surface area contributed by atoms with Crippen molar-refractivity contribution in [2.45, 2.75) is 45.6 Å². The second kappa shape index (κ2) is 7.12. The molecule has 0 aliphatic heterocycles. The quantitative estimate of drug-likeness (QED) is 0.871. The van der Waals surface area contributed by atoms with Crippen LogP contribution in [0.2, 0.25) is 5.02 Å². The third-order valence-corrected chi connectivity index (χ3v) is 6.44. The number of hydrogen-bond acceptors (Lipinski definition) is 3. The van der Waals surface area contributed by atoms with E-state index in [2.05, 4.69) is 17.3 Å². The molecule has 4 rings (SSSR count). The van der Waals surface area contributed by atoms with Gasteiger partial charge < -0.3 is 5.32 Å². The highest BCUT2D eigenvalue weighted by atomic mass is 35.5. The third kappa shape index (κ3) is 3.53. The molecule has 2 fully saturated rings. The van der Waals surface area contributed by atoms with E-state index in [0.717, 1.165) is 11.6 Å². The summed E-state index contributed by atoms with van der Waals surface area (Å²) in [7, 11) is 0. The van der Waals surface area contributed by atoms with Crippen LogP contribution in [0.15, 0.2) is 35.1 Å². The predicted molar refractivity (Wildman–Crippen MR) is 105 cm³/mol. The Labute approximate surface area is 163 Å². The molecule has 2 aromatic rings. The van der Waals surface area contributed by atoms with Gasteiger partial charge >= 0.3 is 0 Å². The highest BCUT2D eigenvalue weighted by Crippen LogP contribution is 2.49. The summed E-state index contributed by atoms with van der Waals surface area (Å²) in [5, 5.41) is 8.00. The van der Waals surface area contributed by atoms with Crippen LogP contribution in [0.25, 0.3) is 5.69 Å². The van der Waals surface area contributed by atoms with Crippen LogP contribution in [0, 0.1) is 24.7 Å². The molecule has 27 heavy (non-hydrogen) atoms. The molecule has 1 aromatic carbocycles. The Morgan fingerprint density at radius 1 is 1.26 bits per heavy atom. The molecule has 142 valence electrons. The summed E-state index contributed by atoms with van der Waals surface area (Å²) < 4.78 is 1.61. The molecule has 1 aromatic heterocycles. The fraction of sp³-hybridized carbons (Fsp3) is 0.476. The summed E-state index contributed by atoms with van der Waals surface area (Å²) in [4.78, 5) is 25.2. The average Bonchev–Trinajstić information content (AvgIpc) is 3.26. The first kappa shape index (κ1) is 18.2. The largest absolute Gasteiger partial charge is 0.348 e. The van der Waals surface area contributed by atoms with Crippen LogP contribution in [0.3, 0.4) is 0 Å². The number of aromatic nitrogens is 2. The van der Waals surface area contributed by atoms with Crippen molar-refractivity contribution < 1.29 is 4.79 Å². The molecule has 2 aliphatic carbocycles. The number of halogens is 1. The molecule has 1 N–H and O–H groups in total. The Kier molecular flexibility index (Phi) is 4.81. The molecular weight excluding hydrogens is 362 g/mol. The zero-order chi connectivity index (χ0) is 19.1. The highest BCUT2D eigenvalue weighted by molar-refractivity contribution is 6.30. The van der Waals surface area contributed by atoms with E-state index in [1.807, 2.05) is 12.1 Å². The standard InChI is InChI=1S/C21H24ClN3O2/c1-12-9-19(26)20(24-25(12)17-7-5-16(22)6-8-17)21(27)23-13(2)18-11-14-3-4-15(18)10-14/h5-9,13-15,18H,3-4,10-11H2,1-2H3,(H,23,27). The van der Waals surface area contributed by atoms with Crippen LogP contribution in [0.4, 0.5) is 0 Å². The second-order valence-corrected chi connectivity index (χ2v) is 8.42. The van der Waals surface area contributed by atoms with E-state index < -0.39 is 5.91 Å². The SMILES string of the molecule is Cc1cc(=O)c(C(=O)NC(C)C2CC3CCC2C3)nn1-c1ccc(Cl)cc1. The molecule has 4 atom stereocenters. The number of nitrogens with zero attached hydrogens (tertiary/aromatic N) is 2. The third-order valence-electron chi connectivity index (χ3n) is 6.19. The zero-order valence-electron chi connectivity index (χ0n) is 15.6. The van der Waals surface area contributed by atoms with Crippen molar-refractivity contribution in [3.05, 3.63) is 57.0 Å². The van der Waals surface area contributed by atoms with Crippen molar-refractivity contribution in [1.29, 1.82) is 0 Å². The lowest BCUT2D eigenvalue weighted by Crippen LogP contribution is -2.42. The van der Waals surface area contributed by atoms with Crippen LogP contribution in [0.5, 0.6) is 0 Å². The number of fused-ring (bicyclic) bond motifs is 2. The van der Waals surface area contributed by atoms with E-state index in [-0.39, 0.29) is 17.2 Å². The van der Waals surface area contributed by atoms with E-state index in [4.69, 9.17) is 11.6 Å². The minimum Gasteiger partial charge on any atom is -0.348 e. The van der Waals surface area contributed by atoms with Gasteiger partial charge in [-0.25, -0.2) is 4.68 Å². The van der Waals surface area contributed by atoms with Gasteiger partial charge in [0, 0.05) is 22.8 Å². The molecule has 1 heterocycles. The van der Waals surface area contributed by atoms with Crippen molar-refractivity contribution in [3.8, 4) is 5.69 Å². The van der Waals surface area contributed by atoms with E-state index in [1.165, 1.54) is 31.7 Å². The zero-order valence-corrected chi connectivity index (χ0v) is 16.4. The minimum absolute atomic E-state index is 0.0549. The molecule has 0 saturated heterocycles. The summed E-state index contributed by atoms with van der Waals surface area (Å²) >= 11 is 5.95. The van der Waals surface area contributed by atoms with Gasteiger partial charge in [-0.05, 0) is 75.1 Å². The van der Waals surface area contributed by atoms with Crippen LogP contribution in [-0.4, -0.2) is 21.7 Å². The van der Waals surface area contributed by atoms with Crippen LogP contribution < -0.4 is 10.7 Å². The lowest BCUT2D eigenvalue weighted by molar-refractivity contribution is 0.0907. The van der Waals surface area contributed by atoms with Crippen molar-refractivity contribution in [2.75, 3.05) is 0 Å². The molecule has 5 nitrogen and oxygen atoms in total. The van der Waals surface area contributed by atoms with E-state index in [9.17, 15) is 9.59 Å².